The van der Waals surface area contributed by atoms with Crippen LogP contribution in [0.15, 0.2) is 47.4 Å². The molecule has 0 bridgehead atoms. The third-order valence-electron chi connectivity index (χ3n) is 4.15. The second-order valence-electron chi connectivity index (χ2n) is 5.59. The molecular weight excluding hydrogens is 330 g/mol. The lowest BCUT2D eigenvalue weighted by Gasteiger charge is -2.19. The van der Waals surface area contributed by atoms with Crippen LogP contribution in [0.25, 0.3) is 0 Å². The van der Waals surface area contributed by atoms with Crippen molar-refractivity contribution in [1.29, 1.82) is 0 Å². The molecule has 2 atom stereocenters. The van der Waals surface area contributed by atoms with E-state index in [1.165, 1.54) is 26.4 Å². The van der Waals surface area contributed by atoms with Gasteiger partial charge in [0.1, 0.15) is 16.4 Å². The van der Waals surface area contributed by atoms with Gasteiger partial charge in [-0.25, -0.2) is 13.1 Å². The Morgan fingerprint density at radius 1 is 1.12 bits per heavy atom. The SMILES string of the molecule is COc1ccc(S(=O)(=O)NC2c3ccccc3CC2O)c(OC)c1. The molecule has 24 heavy (non-hydrogen) atoms. The molecule has 0 spiro atoms. The van der Waals surface area contributed by atoms with Gasteiger partial charge in [0.15, 0.2) is 0 Å². The molecule has 6 nitrogen and oxygen atoms in total. The van der Waals surface area contributed by atoms with Crippen LogP contribution in [-0.2, 0) is 16.4 Å². The summed E-state index contributed by atoms with van der Waals surface area (Å²) >= 11 is 0. The van der Waals surface area contributed by atoms with E-state index in [9.17, 15) is 13.5 Å². The first-order valence-electron chi connectivity index (χ1n) is 7.46. The topological polar surface area (TPSA) is 84.9 Å². The number of methoxy groups -OCH3 is 2. The van der Waals surface area contributed by atoms with E-state index in [0.717, 1.165) is 11.1 Å². The zero-order chi connectivity index (χ0) is 17.3. The summed E-state index contributed by atoms with van der Waals surface area (Å²) in [5.74, 6) is 0.680. The summed E-state index contributed by atoms with van der Waals surface area (Å²) in [4.78, 5) is 0.00220. The Bertz CT molecular complexity index is 850. The lowest BCUT2D eigenvalue weighted by Crippen LogP contribution is -2.34. The monoisotopic (exact) mass is 349 g/mol. The molecule has 1 aliphatic rings. The van der Waals surface area contributed by atoms with E-state index in [1.807, 2.05) is 24.3 Å². The molecular formula is C17H19NO5S. The van der Waals surface area contributed by atoms with E-state index in [1.54, 1.807) is 6.07 Å². The second kappa shape index (κ2) is 6.43. The van der Waals surface area contributed by atoms with Crippen molar-refractivity contribution < 1.29 is 23.0 Å². The molecule has 0 saturated carbocycles. The Kier molecular flexibility index (Phi) is 4.49. The van der Waals surface area contributed by atoms with Crippen LogP contribution in [-0.4, -0.2) is 33.8 Å². The molecule has 3 rings (SSSR count). The highest BCUT2D eigenvalue weighted by atomic mass is 32.2. The fraction of sp³-hybridized carbons (Fsp3) is 0.294. The summed E-state index contributed by atoms with van der Waals surface area (Å²) in [7, 11) is -0.988. The van der Waals surface area contributed by atoms with Crippen LogP contribution in [0.5, 0.6) is 11.5 Å². The number of aliphatic hydroxyl groups is 1. The zero-order valence-electron chi connectivity index (χ0n) is 13.4. The van der Waals surface area contributed by atoms with Gasteiger partial charge in [-0.15, -0.1) is 0 Å². The standard InChI is InChI=1S/C17H19NO5S/c1-22-12-7-8-16(15(10-12)23-2)24(20,21)18-17-13-6-4-3-5-11(13)9-14(17)19/h3-8,10,14,17-19H,9H2,1-2H3. The predicted octanol–water partition coefficient (Wildman–Crippen LogP) is 1.64. The Labute approximate surface area is 141 Å². The van der Waals surface area contributed by atoms with Gasteiger partial charge in [-0.1, -0.05) is 24.3 Å². The van der Waals surface area contributed by atoms with E-state index >= 15 is 0 Å². The lowest BCUT2D eigenvalue weighted by molar-refractivity contribution is 0.151. The molecule has 0 aliphatic heterocycles. The van der Waals surface area contributed by atoms with Crippen molar-refractivity contribution in [3.63, 3.8) is 0 Å². The molecule has 0 radical (unpaired) electrons. The first-order valence-corrected chi connectivity index (χ1v) is 8.95. The van der Waals surface area contributed by atoms with Crippen LogP contribution in [0.4, 0.5) is 0 Å². The number of fused-ring (bicyclic) bond motifs is 1. The van der Waals surface area contributed by atoms with Gasteiger partial charge in [0.2, 0.25) is 10.0 Å². The Balaban J connectivity index is 1.95. The molecule has 0 saturated heterocycles. The lowest BCUT2D eigenvalue weighted by atomic mass is 10.1. The molecule has 1 aliphatic carbocycles. The number of hydrogen-bond acceptors (Lipinski definition) is 5. The Morgan fingerprint density at radius 2 is 1.88 bits per heavy atom. The van der Waals surface area contributed by atoms with Gasteiger partial charge in [-0.2, -0.15) is 0 Å². The Hall–Kier alpha value is -2.09. The first kappa shape index (κ1) is 16.8. The number of aliphatic hydroxyl groups excluding tert-OH is 1. The number of hydrogen-bond donors (Lipinski definition) is 2. The molecule has 0 heterocycles. The summed E-state index contributed by atoms with van der Waals surface area (Å²) in [5, 5.41) is 10.3. The molecule has 2 aromatic rings. The third-order valence-corrected chi connectivity index (χ3v) is 5.63. The Morgan fingerprint density at radius 3 is 2.58 bits per heavy atom. The van der Waals surface area contributed by atoms with Crippen LogP contribution in [0.2, 0.25) is 0 Å². The third kappa shape index (κ3) is 2.98. The fourth-order valence-corrected chi connectivity index (χ4v) is 4.34. The van der Waals surface area contributed by atoms with E-state index in [0.29, 0.717) is 12.2 Å². The average molecular weight is 349 g/mol. The highest BCUT2D eigenvalue weighted by molar-refractivity contribution is 7.89. The maximum absolute atomic E-state index is 12.8. The minimum absolute atomic E-state index is 0.00220. The number of rotatable bonds is 5. The molecule has 0 fully saturated rings. The van der Waals surface area contributed by atoms with Crippen molar-refractivity contribution in [2.45, 2.75) is 23.5 Å². The van der Waals surface area contributed by atoms with E-state index in [2.05, 4.69) is 4.72 Å². The van der Waals surface area contributed by atoms with Gasteiger partial charge in [0, 0.05) is 12.5 Å². The molecule has 0 aromatic heterocycles. The fourth-order valence-electron chi connectivity index (χ4n) is 2.94. The second-order valence-corrected chi connectivity index (χ2v) is 7.27. The van der Waals surface area contributed by atoms with Crippen LogP contribution in [0, 0.1) is 0 Å². The summed E-state index contributed by atoms with van der Waals surface area (Å²) < 4.78 is 38.4. The van der Waals surface area contributed by atoms with Crippen LogP contribution in [0.3, 0.4) is 0 Å². The summed E-state index contributed by atoms with van der Waals surface area (Å²) in [6.45, 7) is 0. The molecule has 0 amide bonds. The van der Waals surface area contributed by atoms with Crippen LogP contribution >= 0.6 is 0 Å². The average Bonchev–Trinajstić information content (AvgIpc) is 2.89. The maximum Gasteiger partial charge on any atom is 0.244 e. The van der Waals surface area contributed by atoms with Crippen molar-refractivity contribution in [1.82, 2.24) is 4.72 Å². The number of nitrogens with one attached hydrogen (secondary N) is 1. The van der Waals surface area contributed by atoms with Gasteiger partial charge in [-0.3, -0.25) is 0 Å². The molecule has 128 valence electrons. The number of benzene rings is 2. The van der Waals surface area contributed by atoms with Gasteiger partial charge in [-0.05, 0) is 23.3 Å². The summed E-state index contributed by atoms with van der Waals surface area (Å²) in [6.07, 6.45) is -0.384. The molecule has 2 aromatic carbocycles. The van der Waals surface area contributed by atoms with Crippen molar-refractivity contribution >= 4 is 10.0 Å². The smallest absolute Gasteiger partial charge is 0.244 e. The minimum Gasteiger partial charge on any atom is -0.497 e. The highest BCUT2D eigenvalue weighted by Gasteiger charge is 2.35. The number of ether oxygens (including phenoxy) is 2. The largest absolute Gasteiger partial charge is 0.497 e. The van der Waals surface area contributed by atoms with Crippen molar-refractivity contribution in [2.24, 2.45) is 0 Å². The molecule has 7 heteroatoms. The predicted molar refractivity (Wildman–Crippen MR) is 88.8 cm³/mol. The van der Waals surface area contributed by atoms with E-state index in [4.69, 9.17) is 9.47 Å². The first-order chi connectivity index (χ1) is 11.5. The maximum atomic E-state index is 12.8. The summed E-state index contributed by atoms with van der Waals surface area (Å²) in [5.41, 5.74) is 1.74. The quantitative estimate of drug-likeness (QED) is 0.857. The molecule has 2 N–H and O–H groups in total. The highest BCUT2D eigenvalue weighted by Crippen LogP contribution is 2.34. The van der Waals surface area contributed by atoms with Crippen molar-refractivity contribution in [2.75, 3.05) is 14.2 Å². The van der Waals surface area contributed by atoms with Gasteiger partial charge in [0.25, 0.3) is 0 Å². The minimum atomic E-state index is -3.88. The van der Waals surface area contributed by atoms with E-state index < -0.39 is 22.2 Å². The van der Waals surface area contributed by atoms with Crippen LogP contribution < -0.4 is 14.2 Å². The number of sulfonamides is 1. The van der Waals surface area contributed by atoms with Crippen LogP contribution in [0.1, 0.15) is 17.2 Å². The summed E-state index contributed by atoms with van der Waals surface area (Å²) in [6, 6.07) is 11.2. The van der Waals surface area contributed by atoms with E-state index in [-0.39, 0.29) is 10.6 Å². The van der Waals surface area contributed by atoms with Gasteiger partial charge in [0.05, 0.1) is 26.4 Å². The normalized spacial score (nSPS) is 19.8. The van der Waals surface area contributed by atoms with Gasteiger partial charge >= 0.3 is 0 Å². The zero-order valence-corrected chi connectivity index (χ0v) is 14.2. The van der Waals surface area contributed by atoms with Crippen molar-refractivity contribution in [3.8, 4) is 11.5 Å². The van der Waals surface area contributed by atoms with Gasteiger partial charge < -0.3 is 14.6 Å². The van der Waals surface area contributed by atoms with Crippen molar-refractivity contribution in [3.05, 3.63) is 53.6 Å². The molecule has 2 unspecified atom stereocenters.